The number of rotatable bonds is 7. The second-order valence-electron chi connectivity index (χ2n) is 9.29. The maximum atomic E-state index is 13.4. The highest BCUT2D eigenvalue weighted by atomic mass is 16.5. The molecule has 2 saturated heterocycles. The highest BCUT2D eigenvalue weighted by Gasteiger charge is 2.24. The summed E-state index contributed by atoms with van der Waals surface area (Å²) in [6, 6.07) is 17.7. The van der Waals surface area contributed by atoms with Crippen molar-refractivity contribution >= 4 is 22.7 Å². The van der Waals surface area contributed by atoms with E-state index >= 15 is 0 Å². The van der Waals surface area contributed by atoms with Crippen molar-refractivity contribution < 1.29 is 19.1 Å². The van der Waals surface area contributed by atoms with Crippen LogP contribution >= 0.6 is 0 Å². The van der Waals surface area contributed by atoms with Crippen molar-refractivity contribution in [3.05, 3.63) is 71.9 Å². The fraction of sp³-hybridized carbons (Fsp3) is 0.393. The summed E-state index contributed by atoms with van der Waals surface area (Å²) < 4.78 is 11.7. The SMILES string of the molecule is O=C1CCCN1CCOc1cccc(C(=O)N2CCOCC(Cc3ccc4ncccc4c3)C2)c1. The molecule has 0 saturated carbocycles. The number of fused-ring (bicyclic) bond motifs is 1. The van der Waals surface area contributed by atoms with Gasteiger partial charge in [0.05, 0.1) is 25.3 Å². The zero-order valence-corrected chi connectivity index (χ0v) is 19.9. The van der Waals surface area contributed by atoms with Gasteiger partial charge in [0.15, 0.2) is 0 Å². The van der Waals surface area contributed by atoms with Gasteiger partial charge < -0.3 is 19.3 Å². The number of benzene rings is 2. The molecule has 7 nitrogen and oxygen atoms in total. The van der Waals surface area contributed by atoms with Gasteiger partial charge in [-0.15, -0.1) is 0 Å². The molecule has 2 amide bonds. The molecule has 182 valence electrons. The summed E-state index contributed by atoms with van der Waals surface area (Å²) in [5.74, 6) is 1.04. The zero-order valence-electron chi connectivity index (χ0n) is 19.9. The maximum absolute atomic E-state index is 13.4. The molecule has 0 bridgehead atoms. The summed E-state index contributed by atoms with van der Waals surface area (Å²) in [4.78, 5) is 33.2. The van der Waals surface area contributed by atoms with Crippen molar-refractivity contribution in [2.75, 3.05) is 46.0 Å². The summed E-state index contributed by atoms with van der Waals surface area (Å²) in [5, 5.41) is 1.12. The van der Waals surface area contributed by atoms with E-state index in [1.54, 1.807) is 12.3 Å². The fourth-order valence-electron chi connectivity index (χ4n) is 4.89. The number of aromatic nitrogens is 1. The quantitative estimate of drug-likeness (QED) is 0.525. The molecule has 35 heavy (non-hydrogen) atoms. The van der Waals surface area contributed by atoms with Crippen LogP contribution in [0.15, 0.2) is 60.8 Å². The Hall–Kier alpha value is -3.45. The van der Waals surface area contributed by atoms with Gasteiger partial charge in [0.25, 0.3) is 5.91 Å². The molecule has 1 aromatic heterocycles. The molecule has 5 rings (SSSR count). The predicted molar refractivity (Wildman–Crippen MR) is 133 cm³/mol. The molecule has 7 heteroatoms. The van der Waals surface area contributed by atoms with Crippen LogP contribution in [0.1, 0.15) is 28.8 Å². The first kappa shape index (κ1) is 23.3. The van der Waals surface area contributed by atoms with Crippen molar-refractivity contribution in [1.29, 1.82) is 0 Å². The standard InChI is InChI=1S/C28H31N3O4/c32-27-7-3-11-30(27)13-15-35-25-6-1-4-24(18-25)28(33)31-12-14-34-20-22(19-31)16-21-8-9-26-23(17-21)5-2-10-29-26/h1-2,4-6,8-10,17-18,22H,3,7,11-16,19-20H2. The second-order valence-corrected chi connectivity index (χ2v) is 9.29. The highest BCUT2D eigenvalue weighted by molar-refractivity contribution is 5.94. The van der Waals surface area contributed by atoms with Crippen LogP contribution in [0.4, 0.5) is 0 Å². The van der Waals surface area contributed by atoms with Gasteiger partial charge in [-0.05, 0) is 54.8 Å². The monoisotopic (exact) mass is 473 g/mol. The van der Waals surface area contributed by atoms with Crippen molar-refractivity contribution in [3.63, 3.8) is 0 Å². The minimum atomic E-state index is -0.0108. The van der Waals surface area contributed by atoms with E-state index in [1.165, 1.54) is 5.56 Å². The zero-order chi connectivity index (χ0) is 24.0. The number of pyridine rings is 1. The Kier molecular flexibility index (Phi) is 7.23. The average Bonchev–Trinajstić information content (AvgIpc) is 3.15. The Morgan fingerprint density at radius 3 is 2.94 bits per heavy atom. The van der Waals surface area contributed by atoms with E-state index in [0.29, 0.717) is 57.2 Å². The third-order valence-corrected chi connectivity index (χ3v) is 6.70. The average molecular weight is 474 g/mol. The first-order chi connectivity index (χ1) is 17.2. The summed E-state index contributed by atoms with van der Waals surface area (Å²) in [6.45, 7) is 4.18. The molecule has 0 spiro atoms. The molecule has 2 aliphatic heterocycles. The molecule has 0 aliphatic carbocycles. The second kappa shape index (κ2) is 10.9. The maximum Gasteiger partial charge on any atom is 0.254 e. The van der Waals surface area contributed by atoms with E-state index in [9.17, 15) is 9.59 Å². The Morgan fingerprint density at radius 2 is 2.06 bits per heavy atom. The molecule has 1 unspecified atom stereocenters. The van der Waals surface area contributed by atoms with E-state index < -0.39 is 0 Å². The van der Waals surface area contributed by atoms with Gasteiger partial charge in [-0.3, -0.25) is 14.6 Å². The third kappa shape index (κ3) is 5.80. The normalized spacial score (nSPS) is 18.6. The molecular weight excluding hydrogens is 442 g/mol. The summed E-state index contributed by atoms with van der Waals surface area (Å²) >= 11 is 0. The number of nitrogens with zero attached hydrogens (tertiary/aromatic N) is 3. The summed E-state index contributed by atoms with van der Waals surface area (Å²) in [7, 11) is 0. The van der Waals surface area contributed by atoms with Crippen molar-refractivity contribution in [2.24, 2.45) is 5.92 Å². The smallest absolute Gasteiger partial charge is 0.254 e. The predicted octanol–water partition coefficient (Wildman–Crippen LogP) is 3.57. The van der Waals surface area contributed by atoms with Crippen molar-refractivity contribution in [1.82, 2.24) is 14.8 Å². The summed E-state index contributed by atoms with van der Waals surface area (Å²) in [6.07, 6.45) is 4.19. The van der Waals surface area contributed by atoms with E-state index in [4.69, 9.17) is 9.47 Å². The molecule has 1 atom stereocenters. The van der Waals surface area contributed by atoms with Crippen LogP contribution in [0.3, 0.4) is 0 Å². The lowest BCUT2D eigenvalue weighted by Gasteiger charge is -2.24. The number of carbonyl (C=O) groups excluding carboxylic acids is 2. The lowest BCUT2D eigenvalue weighted by Crippen LogP contribution is -2.36. The summed E-state index contributed by atoms with van der Waals surface area (Å²) in [5.41, 5.74) is 2.82. The first-order valence-corrected chi connectivity index (χ1v) is 12.4. The van der Waals surface area contributed by atoms with Gasteiger partial charge in [0.2, 0.25) is 5.91 Å². The number of likely N-dealkylation sites (tertiary alicyclic amines) is 1. The number of amides is 2. The molecule has 0 N–H and O–H groups in total. The van der Waals surface area contributed by atoms with Crippen LogP contribution < -0.4 is 4.74 Å². The fourth-order valence-corrected chi connectivity index (χ4v) is 4.89. The first-order valence-electron chi connectivity index (χ1n) is 12.4. The molecule has 0 radical (unpaired) electrons. The Morgan fingerprint density at radius 1 is 1.11 bits per heavy atom. The number of hydrogen-bond acceptors (Lipinski definition) is 5. The van der Waals surface area contributed by atoms with Crippen molar-refractivity contribution in [3.8, 4) is 5.75 Å². The lowest BCUT2D eigenvalue weighted by molar-refractivity contribution is -0.128. The van der Waals surface area contributed by atoms with Crippen LogP contribution in [-0.4, -0.2) is 72.6 Å². The number of ether oxygens (including phenoxy) is 2. The van der Waals surface area contributed by atoms with E-state index in [2.05, 4.69) is 29.2 Å². The Labute approximate surface area is 205 Å². The third-order valence-electron chi connectivity index (χ3n) is 6.70. The molecule has 3 aromatic rings. The van der Waals surface area contributed by atoms with Crippen LogP contribution in [0, 0.1) is 5.92 Å². The van der Waals surface area contributed by atoms with Crippen LogP contribution in [-0.2, 0) is 16.0 Å². The number of carbonyl (C=O) groups is 2. The van der Waals surface area contributed by atoms with Crippen molar-refractivity contribution in [2.45, 2.75) is 19.3 Å². The van der Waals surface area contributed by atoms with Crippen LogP contribution in [0.5, 0.6) is 5.75 Å². The Bertz CT molecular complexity index is 1200. The van der Waals surface area contributed by atoms with Crippen LogP contribution in [0.25, 0.3) is 10.9 Å². The molecule has 2 aromatic carbocycles. The lowest BCUT2D eigenvalue weighted by atomic mass is 9.98. The van der Waals surface area contributed by atoms with Gasteiger partial charge in [-0.2, -0.15) is 0 Å². The largest absolute Gasteiger partial charge is 0.492 e. The Balaban J connectivity index is 1.21. The van der Waals surface area contributed by atoms with Gasteiger partial charge in [-0.1, -0.05) is 18.2 Å². The number of hydrogen-bond donors (Lipinski definition) is 0. The van der Waals surface area contributed by atoms with Gasteiger partial charge in [0, 0.05) is 49.1 Å². The molecule has 3 heterocycles. The minimum absolute atomic E-state index is 0.0108. The van der Waals surface area contributed by atoms with E-state index in [1.807, 2.05) is 34.1 Å². The topological polar surface area (TPSA) is 72.0 Å². The molecule has 2 aliphatic rings. The molecule has 2 fully saturated rings. The van der Waals surface area contributed by atoms with Gasteiger partial charge in [-0.25, -0.2) is 0 Å². The van der Waals surface area contributed by atoms with Gasteiger partial charge >= 0.3 is 0 Å². The highest BCUT2D eigenvalue weighted by Crippen LogP contribution is 2.21. The van der Waals surface area contributed by atoms with Crippen LogP contribution in [0.2, 0.25) is 0 Å². The molecular formula is C28H31N3O4. The minimum Gasteiger partial charge on any atom is -0.492 e. The van der Waals surface area contributed by atoms with E-state index in [-0.39, 0.29) is 17.7 Å². The van der Waals surface area contributed by atoms with Gasteiger partial charge in [0.1, 0.15) is 12.4 Å². The van der Waals surface area contributed by atoms with E-state index in [0.717, 1.165) is 30.3 Å².